The van der Waals surface area contributed by atoms with Crippen molar-refractivity contribution in [1.29, 1.82) is 0 Å². The van der Waals surface area contributed by atoms with Crippen molar-refractivity contribution in [2.75, 3.05) is 0 Å². The lowest BCUT2D eigenvalue weighted by Crippen LogP contribution is -2.43. The van der Waals surface area contributed by atoms with E-state index in [4.69, 9.17) is 12.2 Å². The number of rotatable bonds is 4. The minimum Gasteiger partial charge on any atom is -0.261 e. The second-order valence-corrected chi connectivity index (χ2v) is 6.10. The van der Waals surface area contributed by atoms with Crippen molar-refractivity contribution in [3.05, 3.63) is 30.1 Å². The van der Waals surface area contributed by atoms with Crippen molar-refractivity contribution >= 4 is 40.2 Å². The van der Waals surface area contributed by atoms with Crippen LogP contribution in [-0.2, 0) is 16.0 Å². The van der Waals surface area contributed by atoms with Crippen LogP contribution in [0, 0.1) is 0 Å². The van der Waals surface area contributed by atoms with E-state index >= 15 is 0 Å². The fourth-order valence-electron chi connectivity index (χ4n) is 1.73. The molecule has 0 spiro atoms. The van der Waals surface area contributed by atoms with Gasteiger partial charge in [-0.3, -0.25) is 4.98 Å². The highest BCUT2D eigenvalue weighted by Crippen LogP contribution is 2.32. The number of pyridine rings is 1. The van der Waals surface area contributed by atoms with Crippen LogP contribution in [0.1, 0.15) is 25.0 Å². The summed E-state index contributed by atoms with van der Waals surface area (Å²) in [5, 5.41) is 9.99. The molecule has 19 heavy (non-hydrogen) atoms. The van der Waals surface area contributed by atoms with Gasteiger partial charge in [0.25, 0.3) is 0 Å². The highest BCUT2D eigenvalue weighted by molar-refractivity contribution is 8.19. The summed E-state index contributed by atoms with van der Waals surface area (Å²) in [6.45, 7) is 0. The monoisotopic (exact) mass is 297 g/mol. The molecule has 7 heteroatoms. The van der Waals surface area contributed by atoms with Gasteiger partial charge in [0.1, 0.15) is 4.20 Å². The molecule has 5 nitrogen and oxygen atoms in total. The normalized spacial score (nSPS) is 17.7. The van der Waals surface area contributed by atoms with Crippen molar-refractivity contribution in [2.45, 2.75) is 25.7 Å². The number of carbonyl (C=O) groups is 2. The Morgan fingerprint density at radius 2 is 2.05 bits per heavy atom. The van der Waals surface area contributed by atoms with Crippen LogP contribution in [-0.4, -0.2) is 30.3 Å². The summed E-state index contributed by atoms with van der Waals surface area (Å²) in [6.07, 6.45) is 2.95. The molecule has 0 saturated carbocycles. The highest BCUT2D eigenvalue weighted by Gasteiger charge is 2.52. The van der Waals surface area contributed by atoms with Crippen molar-refractivity contribution < 1.29 is 18.8 Å². The Balaban J connectivity index is 1.91. The molecule has 1 N–H and O–H groups in total. The minimum absolute atomic E-state index is 0.0746. The number of quaternary nitrogens is 1. The summed E-state index contributed by atoms with van der Waals surface area (Å²) in [6, 6.07) is 5.58. The Hall–Kier alpha value is -1.15. The van der Waals surface area contributed by atoms with Gasteiger partial charge >= 0.3 is 11.8 Å². The number of imide groups is 1. The van der Waals surface area contributed by atoms with Crippen LogP contribution in [0.25, 0.3) is 0 Å². The summed E-state index contributed by atoms with van der Waals surface area (Å²) < 4.78 is -0.808. The van der Waals surface area contributed by atoms with Gasteiger partial charge in [-0.1, -0.05) is 18.3 Å². The number of nitrogens with zero attached hydrogens (tertiary/aromatic N) is 2. The van der Waals surface area contributed by atoms with Gasteiger partial charge in [-0.25, -0.2) is 9.59 Å². The van der Waals surface area contributed by atoms with E-state index in [9.17, 15) is 14.8 Å². The van der Waals surface area contributed by atoms with Gasteiger partial charge in [0, 0.05) is 15.9 Å². The zero-order chi connectivity index (χ0) is 13.9. The first-order valence-corrected chi connectivity index (χ1v) is 7.01. The number of aryl methyl sites for hydroxylation is 1. The van der Waals surface area contributed by atoms with Crippen molar-refractivity contribution in [2.24, 2.45) is 0 Å². The number of amides is 2. The van der Waals surface area contributed by atoms with E-state index in [1.807, 2.05) is 18.2 Å². The molecule has 1 aliphatic rings. The predicted molar refractivity (Wildman–Crippen MR) is 74.0 cm³/mol. The minimum atomic E-state index is -1.24. The van der Waals surface area contributed by atoms with E-state index in [1.54, 1.807) is 6.20 Å². The summed E-state index contributed by atoms with van der Waals surface area (Å²) in [5.74, 6) is -1.01. The van der Waals surface area contributed by atoms with Crippen molar-refractivity contribution in [3.8, 4) is 0 Å². The summed E-state index contributed by atoms with van der Waals surface area (Å²) >= 11 is 5.87. The summed E-state index contributed by atoms with van der Waals surface area (Å²) in [5.41, 5.74) is 0.883. The van der Waals surface area contributed by atoms with Gasteiger partial charge < -0.3 is 0 Å². The van der Waals surface area contributed by atoms with Crippen LogP contribution in [0.4, 0.5) is 0 Å². The Kier molecular flexibility index (Phi) is 4.41. The number of hydrogen-bond acceptors (Lipinski definition) is 6. The SMILES string of the molecule is O=C1CCC(=O)[N+]1(O)SC(=S)CCc1ccccn1. The molecule has 0 aromatic carbocycles. The van der Waals surface area contributed by atoms with Gasteiger partial charge in [-0.2, -0.15) is 5.21 Å². The fraction of sp³-hybridized carbons (Fsp3) is 0.333. The van der Waals surface area contributed by atoms with Crippen molar-refractivity contribution in [3.63, 3.8) is 0 Å². The number of hydrogen-bond donors (Lipinski definition) is 1. The Labute approximate surface area is 120 Å². The largest absolute Gasteiger partial charge is 0.366 e. The molecule has 0 bridgehead atoms. The first-order chi connectivity index (χ1) is 9.02. The molecule has 1 saturated heterocycles. The van der Waals surface area contributed by atoms with E-state index in [0.29, 0.717) is 17.0 Å². The maximum Gasteiger partial charge on any atom is 0.366 e. The molecule has 1 aliphatic heterocycles. The first-order valence-electron chi connectivity index (χ1n) is 5.83. The number of aromatic nitrogens is 1. The van der Waals surface area contributed by atoms with Crippen molar-refractivity contribution in [1.82, 2.24) is 4.98 Å². The second-order valence-electron chi connectivity index (χ2n) is 4.15. The van der Waals surface area contributed by atoms with E-state index in [-0.39, 0.29) is 12.8 Å². The Morgan fingerprint density at radius 3 is 2.63 bits per heavy atom. The maximum absolute atomic E-state index is 11.5. The average molecular weight is 297 g/mol. The third-order valence-corrected chi connectivity index (χ3v) is 4.28. The molecule has 1 fully saturated rings. The third-order valence-electron chi connectivity index (χ3n) is 2.77. The smallest absolute Gasteiger partial charge is 0.261 e. The number of hydroxylamine groups is 2. The average Bonchev–Trinajstić information content (AvgIpc) is 2.65. The van der Waals surface area contributed by atoms with Crippen LogP contribution in [0.15, 0.2) is 24.4 Å². The molecule has 2 amide bonds. The maximum atomic E-state index is 11.5. The lowest BCUT2D eigenvalue weighted by Gasteiger charge is -2.16. The molecule has 0 unspecified atom stereocenters. The van der Waals surface area contributed by atoms with Gasteiger partial charge in [0.05, 0.1) is 12.8 Å². The molecule has 2 heterocycles. The zero-order valence-corrected chi connectivity index (χ0v) is 11.7. The van der Waals surface area contributed by atoms with Gasteiger partial charge in [0.15, 0.2) is 11.9 Å². The van der Waals surface area contributed by atoms with E-state index in [1.165, 1.54) is 0 Å². The molecule has 0 atom stereocenters. The standard InChI is InChI=1S/C12H13N2O3S2/c15-10-5-6-11(16)14(10,17)19-12(18)7-4-9-3-1-2-8-13-9/h1-3,8,17H,4-7H2/q+1. The lowest BCUT2D eigenvalue weighted by molar-refractivity contribution is -0.853. The lowest BCUT2D eigenvalue weighted by atomic mass is 10.2. The van der Waals surface area contributed by atoms with Gasteiger partial charge in [0.2, 0.25) is 0 Å². The Morgan fingerprint density at radius 1 is 1.37 bits per heavy atom. The van der Waals surface area contributed by atoms with Gasteiger partial charge in [-0.15, -0.1) is 0 Å². The van der Waals surface area contributed by atoms with Crippen LogP contribution < -0.4 is 0 Å². The number of carbonyl (C=O) groups excluding carboxylic acids is 2. The van der Waals surface area contributed by atoms with Crippen LogP contribution in [0.2, 0.25) is 0 Å². The molecular weight excluding hydrogens is 284 g/mol. The summed E-state index contributed by atoms with van der Waals surface area (Å²) in [4.78, 5) is 27.2. The molecule has 0 aliphatic carbocycles. The first kappa shape index (κ1) is 14.3. The molecule has 1 aromatic rings. The van der Waals surface area contributed by atoms with E-state index in [0.717, 1.165) is 17.6 Å². The fourth-order valence-corrected chi connectivity index (χ4v) is 3.03. The molecule has 1 aromatic heterocycles. The molecule has 0 radical (unpaired) electrons. The van der Waals surface area contributed by atoms with E-state index in [2.05, 4.69) is 4.98 Å². The quantitative estimate of drug-likeness (QED) is 0.302. The second kappa shape index (κ2) is 5.87. The van der Waals surface area contributed by atoms with Crippen LogP contribution in [0.3, 0.4) is 0 Å². The number of thiocarbonyl (C=S) groups is 1. The third kappa shape index (κ3) is 3.24. The summed E-state index contributed by atoms with van der Waals surface area (Å²) in [7, 11) is 0. The van der Waals surface area contributed by atoms with Gasteiger partial charge in [-0.05, 0) is 25.0 Å². The topological polar surface area (TPSA) is 67.3 Å². The predicted octanol–water partition coefficient (Wildman–Crippen LogP) is 2.04. The van der Waals surface area contributed by atoms with E-state index < -0.39 is 15.9 Å². The van der Waals surface area contributed by atoms with Crippen LogP contribution in [0.5, 0.6) is 0 Å². The molecular formula is C12H13N2O3S2+. The molecule has 2 rings (SSSR count). The highest BCUT2D eigenvalue weighted by atomic mass is 32.2. The van der Waals surface area contributed by atoms with Crippen LogP contribution >= 0.6 is 24.2 Å². The molecule has 100 valence electrons. The zero-order valence-electron chi connectivity index (χ0n) is 10.1. The Bertz CT molecular complexity index is 503.